The molecule has 0 aromatic heterocycles. The molecule has 0 aliphatic rings. The predicted molar refractivity (Wildman–Crippen MR) is 386 cm³/mol. The molecule has 0 radical (unpaired) electrons. The van der Waals surface area contributed by atoms with Gasteiger partial charge in [0.1, 0.15) is 19.3 Å². The van der Waals surface area contributed by atoms with Gasteiger partial charge in [0.05, 0.1) is 26.4 Å². The zero-order chi connectivity index (χ0) is 70.0. The third-order valence-electron chi connectivity index (χ3n) is 18.1. The highest BCUT2D eigenvalue weighted by atomic mass is 31.2. The van der Waals surface area contributed by atoms with Crippen LogP contribution in [0.4, 0.5) is 0 Å². The largest absolute Gasteiger partial charge is 0.472 e. The van der Waals surface area contributed by atoms with Crippen molar-refractivity contribution in [3.05, 3.63) is 0 Å². The summed E-state index contributed by atoms with van der Waals surface area (Å²) in [5.74, 6) is -0.552. The van der Waals surface area contributed by atoms with Gasteiger partial charge in [-0.15, -0.1) is 0 Å². The van der Waals surface area contributed by atoms with E-state index >= 15 is 0 Å². The molecule has 17 nitrogen and oxygen atoms in total. The van der Waals surface area contributed by atoms with E-state index in [0.717, 1.165) is 102 Å². The van der Waals surface area contributed by atoms with Gasteiger partial charge in [-0.2, -0.15) is 0 Å². The van der Waals surface area contributed by atoms with Crippen molar-refractivity contribution in [2.75, 3.05) is 39.6 Å². The van der Waals surface area contributed by atoms with Gasteiger partial charge in [0.15, 0.2) is 12.2 Å². The monoisotopic (exact) mass is 1400 g/mol. The number of phosphoric ester groups is 2. The number of rotatable bonds is 75. The summed E-state index contributed by atoms with van der Waals surface area (Å²) in [7, 11) is -9.91. The van der Waals surface area contributed by atoms with Crippen LogP contribution in [0.1, 0.15) is 395 Å². The van der Waals surface area contributed by atoms with Gasteiger partial charge >= 0.3 is 39.5 Å². The molecule has 0 amide bonds. The van der Waals surface area contributed by atoms with Gasteiger partial charge in [0, 0.05) is 25.7 Å². The number of ether oxygens (including phenoxy) is 4. The first-order valence-electron chi connectivity index (χ1n) is 39.5. The number of hydrogen-bond donors (Lipinski definition) is 3. The van der Waals surface area contributed by atoms with E-state index in [0.29, 0.717) is 25.7 Å². The molecule has 0 aliphatic heterocycles. The van der Waals surface area contributed by atoms with E-state index in [2.05, 4.69) is 41.5 Å². The second kappa shape index (κ2) is 67.9. The molecule has 6 atom stereocenters. The van der Waals surface area contributed by atoms with E-state index in [1.54, 1.807) is 0 Å². The minimum absolute atomic E-state index is 0.105. The van der Waals surface area contributed by atoms with E-state index in [-0.39, 0.29) is 25.7 Å². The second-order valence-corrected chi connectivity index (χ2v) is 31.0. The Hall–Kier alpha value is -1.94. The Labute approximate surface area is 581 Å². The predicted octanol–water partition coefficient (Wildman–Crippen LogP) is 22.3. The zero-order valence-electron chi connectivity index (χ0n) is 62.0. The molecule has 0 saturated carbocycles. The Morgan fingerprint density at radius 2 is 0.537 bits per heavy atom. The maximum Gasteiger partial charge on any atom is 0.472 e. The Kier molecular flexibility index (Phi) is 66.5. The van der Waals surface area contributed by atoms with Crippen LogP contribution in [0.3, 0.4) is 0 Å². The van der Waals surface area contributed by atoms with E-state index < -0.39 is 97.5 Å². The molecule has 0 rings (SSSR count). The summed E-state index contributed by atoms with van der Waals surface area (Å²) < 4.78 is 68.5. The summed E-state index contributed by atoms with van der Waals surface area (Å²) in [5, 5.41) is 10.6. The van der Waals surface area contributed by atoms with Gasteiger partial charge in [0.25, 0.3) is 0 Å². The normalized spacial score (nSPS) is 14.3. The maximum absolute atomic E-state index is 13.1. The Balaban J connectivity index is 5.23. The lowest BCUT2D eigenvalue weighted by atomic mass is 9.99. The van der Waals surface area contributed by atoms with Crippen LogP contribution < -0.4 is 0 Å². The Morgan fingerprint density at radius 3 is 0.800 bits per heavy atom. The average Bonchev–Trinajstić information content (AvgIpc) is 1.61. The molecule has 19 heteroatoms. The van der Waals surface area contributed by atoms with Crippen LogP contribution in [-0.2, 0) is 65.4 Å². The van der Waals surface area contributed by atoms with E-state index in [4.69, 9.17) is 37.0 Å². The molecule has 0 fully saturated rings. The number of carbonyl (C=O) groups excluding carboxylic acids is 4. The summed E-state index contributed by atoms with van der Waals surface area (Å²) in [6.45, 7) is 9.60. The molecule has 0 bridgehead atoms. The van der Waals surface area contributed by atoms with Gasteiger partial charge in [-0.3, -0.25) is 37.3 Å². The quantitative estimate of drug-likeness (QED) is 0.0222. The lowest BCUT2D eigenvalue weighted by Crippen LogP contribution is -2.30. The van der Waals surface area contributed by atoms with Gasteiger partial charge < -0.3 is 33.8 Å². The first kappa shape index (κ1) is 93.1. The SMILES string of the molecule is CCCCCCCCCCCCCCCCCCCC(=O)OC[C@H](COP(=O)(O)OC[C@@H](O)COP(=O)(O)OC[C@@H](COC(=O)CCCCCCCCCCC)OC(=O)CCCCCCCCCCC(C)CC)OC(=O)CCCCCCCCCCCCCCCCC(C)C. The molecule has 0 spiro atoms. The maximum atomic E-state index is 13.1. The van der Waals surface area contributed by atoms with Crippen molar-refractivity contribution < 1.29 is 80.2 Å². The van der Waals surface area contributed by atoms with Crippen LogP contribution in [-0.4, -0.2) is 96.7 Å². The summed E-state index contributed by atoms with van der Waals surface area (Å²) in [5.41, 5.74) is 0. The highest BCUT2D eigenvalue weighted by Crippen LogP contribution is 2.45. The minimum atomic E-state index is -4.96. The third-order valence-corrected chi connectivity index (χ3v) is 20.0. The van der Waals surface area contributed by atoms with Crippen molar-refractivity contribution in [3.8, 4) is 0 Å². The van der Waals surface area contributed by atoms with Crippen LogP contribution in [0.2, 0.25) is 0 Å². The van der Waals surface area contributed by atoms with Gasteiger partial charge in [-0.05, 0) is 37.5 Å². The number of hydrogen-bond acceptors (Lipinski definition) is 15. The van der Waals surface area contributed by atoms with Crippen molar-refractivity contribution in [2.45, 2.75) is 413 Å². The van der Waals surface area contributed by atoms with Crippen molar-refractivity contribution in [1.82, 2.24) is 0 Å². The number of aliphatic hydroxyl groups excluding tert-OH is 1. The fourth-order valence-corrected chi connectivity index (χ4v) is 13.2. The van der Waals surface area contributed by atoms with E-state index in [1.807, 2.05) is 0 Å². The highest BCUT2D eigenvalue weighted by Gasteiger charge is 2.30. The van der Waals surface area contributed by atoms with Crippen molar-refractivity contribution in [1.29, 1.82) is 0 Å². The number of esters is 4. The van der Waals surface area contributed by atoms with Crippen LogP contribution in [0, 0.1) is 11.8 Å². The second-order valence-electron chi connectivity index (χ2n) is 28.1. The standard InChI is InChI=1S/C76H148O17P2/c1-7-10-12-14-16-18-19-20-21-22-23-27-30-34-41-47-53-59-74(79)87-65-71(92-75(80)60-54-48-42-35-31-28-25-24-26-29-33-38-44-50-56-68(4)5)66-90-94(82,83)88-62-70(77)63-89-95(84,85)91-67-72(64-86-73(78)58-52-46-40-32-17-15-13-11-8-2)93-76(81)61-55-49-43-37-36-39-45-51-57-69(6)9-3/h68-72,77H,7-67H2,1-6H3,(H,82,83)(H,84,85)/t69?,70-,71-,72-/m1/s1. The topological polar surface area (TPSA) is 237 Å². The van der Waals surface area contributed by atoms with Crippen molar-refractivity contribution >= 4 is 39.5 Å². The van der Waals surface area contributed by atoms with E-state index in [9.17, 15) is 43.2 Å². The number of phosphoric acid groups is 2. The lowest BCUT2D eigenvalue weighted by Gasteiger charge is -2.21. The van der Waals surface area contributed by atoms with Crippen LogP contribution >= 0.6 is 15.6 Å². The van der Waals surface area contributed by atoms with Gasteiger partial charge in [0.2, 0.25) is 0 Å². The molecule has 0 aromatic carbocycles. The molecule has 0 aromatic rings. The van der Waals surface area contributed by atoms with Gasteiger partial charge in [-0.25, -0.2) is 9.13 Å². The Morgan fingerprint density at radius 1 is 0.305 bits per heavy atom. The summed E-state index contributed by atoms with van der Waals surface area (Å²) in [4.78, 5) is 72.8. The number of unbranched alkanes of at least 4 members (excludes halogenated alkanes) is 44. The highest BCUT2D eigenvalue weighted by molar-refractivity contribution is 7.47. The molecular weight excluding hydrogens is 1250 g/mol. The van der Waals surface area contributed by atoms with Crippen LogP contribution in [0.5, 0.6) is 0 Å². The average molecular weight is 1400 g/mol. The number of aliphatic hydroxyl groups is 1. The molecule has 0 heterocycles. The van der Waals surface area contributed by atoms with Gasteiger partial charge in [-0.1, -0.05) is 343 Å². The summed E-state index contributed by atoms with van der Waals surface area (Å²) >= 11 is 0. The summed E-state index contributed by atoms with van der Waals surface area (Å²) in [6, 6.07) is 0. The first-order chi connectivity index (χ1) is 45.9. The molecule has 0 aliphatic carbocycles. The fraction of sp³-hybridized carbons (Fsp3) is 0.947. The minimum Gasteiger partial charge on any atom is -0.462 e. The lowest BCUT2D eigenvalue weighted by molar-refractivity contribution is -0.161. The fourth-order valence-electron chi connectivity index (χ4n) is 11.6. The smallest absolute Gasteiger partial charge is 0.462 e. The zero-order valence-corrected chi connectivity index (χ0v) is 63.8. The molecule has 0 saturated heterocycles. The number of carbonyl (C=O) groups is 4. The molecule has 3 N–H and O–H groups in total. The Bertz CT molecular complexity index is 1840. The van der Waals surface area contributed by atoms with Crippen LogP contribution in [0.25, 0.3) is 0 Å². The van der Waals surface area contributed by atoms with Crippen molar-refractivity contribution in [2.24, 2.45) is 11.8 Å². The van der Waals surface area contributed by atoms with Crippen molar-refractivity contribution in [3.63, 3.8) is 0 Å². The third kappa shape index (κ3) is 69.0. The molecule has 95 heavy (non-hydrogen) atoms. The molecule has 564 valence electrons. The first-order valence-corrected chi connectivity index (χ1v) is 42.5. The summed E-state index contributed by atoms with van der Waals surface area (Å²) in [6.07, 6.45) is 55.4. The van der Waals surface area contributed by atoms with E-state index in [1.165, 1.54) is 212 Å². The molecular formula is C76H148O17P2. The molecule has 3 unspecified atom stereocenters. The van der Waals surface area contributed by atoms with Crippen LogP contribution in [0.15, 0.2) is 0 Å².